The Labute approximate surface area is 184 Å². The lowest BCUT2D eigenvalue weighted by molar-refractivity contribution is 0.177. The summed E-state index contributed by atoms with van der Waals surface area (Å²) in [6.07, 6.45) is 6.89. The minimum atomic E-state index is 0.0380. The molecule has 2 N–H and O–H groups in total. The van der Waals surface area contributed by atoms with Crippen molar-refractivity contribution in [1.29, 1.82) is 0 Å². The largest absolute Gasteiger partial charge is 0.346 e. The Kier molecular flexibility index (Phi) is 6.56. The van der Waals surface area contributed by atoms with Gasteiger partial charge in [-0.1, -0.05) is 31.2 Å². The summed E-state index contributed by atoms with van der Waals surface area (Å²) in [5.41, 5.74) is 4.83. The first-order valence-electron chi connectivity index (χ1n) is 11.3. The lowest BCUT2D eigenvalue weighted by Crippen LogP contribution is -2.46. The van der Waals surface area contributed by atoms with Gasteiger partial charge in [-0.25, -0.2) is 9.78 Å². The molecule has 1 fully saturated rings. The van der Waals surface area contributed by atoms with E-state index in [1.807, 2.05) is 17.2 Å². The van der Waals surface area contributed by atoms with Crippen molar-refractivity contribution in [2.75, 3.05) is 33.7 Å². The third-order valence-corrected chi connectivity index (χ3v) is 6.55. The van der Waals surface area contributed by atoms with Crippen LogP contribution in [-0.4, -0.2) is 59.5 Å². The number of piperidine rings is 1. The fraction of sp³-hybridized carbons (Fsp3) is 0.440. The highest BCUT2D eigenvalue weighted by atomic mass is 16.2. The highest BCUT2D eigenvalue weighted by Gasteiger charge is 2.26. The summed E-state index contributed by atoms with van der Waals surface area (Å²) in [4.78, 5) is 24.6. The van der Waals surface area contributed by atoms with Crippen LogP contribution in [0.5, 0.6) is 0 Å². The summed E-state index contributed by atoms with van der Waals surface area (Å²) in [6, 6.07) is 13.0. The van der Waals surface area contributed by atoms with Crippen LogP contribution in [0, 0.1) is 0 Å². The van der Waals surface area contributed by atoms with E-state index in [0.717, 1.165) is 38.0 Å². The predicted molar refractivity (Wildman–Crippen MR) is 125 cm³/mol. The van der Waals surface area contributed by atoms with E-state index in [4.69, 9.17) is 0 Å². The van der Waals surface area contributed by atoms with Gasteiger partial charge in [0.05, 0.1) is 6.04 Å². The number of carbonyl (C=O) groups is 1. The van der Waals surface area contributed by atoms with Crippen LogP contribution in [0.2, 0.25) is 0 Å². The summed E-state index contributed by atoms with van der Waals surface area (Å²) in [5.74, 6) is 0.466. The van der Waals surface area contributed by atoms with E-state index in [1.165, 1.54) is 22.1 Å². The van der Waals surface area contributed by atoms with E-state index >= 15 is 0 Å². The molecule has 2 amide bonds. The second-order valence-electron chi connectivity index (χ2n) is 8.67. The van der Waals surface area contributed by atoms with Crippen molar-refractivity contribution in [3.8, 4) is 0 Å². The number of urea groups is 1. The van der Waals surface area contributed by atoms with Gasteiger partial charge >= 0.3 is 6.03 Å². The molecule has 1 saturated heterocycles. The number of amides is 2. The van der Waals surface area contributed by atoms with Crippen molar-refractivity contribution < 1.29 is 4.79 Å². The van der Waals surface area contributed by atoms with E-state index in [1.54, 1.807) is 0 Å². The Morgan fingerprint density at radius 2 is 1.97 bits per heavy atom. The van der Waals surface area contributed by atoms with Crippen LogP contribution < -0.4 is 5.32 Å². The Bertz CT molecular complexity index is 1000. The number of aryl methyl sites for hydroxylation is 1. The minimum absolute atomic E-state index is 0.0380. The lowest BCUT2D eigenvalue weighted by atomic mass is 9.89. The molecule has 6 nitrogen and oxygen atoms in total. The predicted octanol–water partition coefficient (Wildman–Crippen LogP) is 4.32. The third-order valence-electron chi connectivity index (χ3n) is 6.55. The number of hydrogen-bond donors (Lipinski definition) is 2. The summed E-state index contributed by atoms with van der Waals surface area (Å²) in [7, 11) is 4.12. The van der Waals surface area contributed by atoms with Crippen molar-refractivity contribution in [2.24, 2.45) is 0 Å². The van der Waals surface area contributed by atoms with Crippen LogP contribution in [0.3, 0.4) is 0 Å². The van der Waals surface area contributed by atoms with Gasteiger partial charge in [-0.15, -0.1) is 0 Å². The lowest BCUT2D eigenvalue weighted by Gasteiger charge is -2.33. The van der Waals surface area contributed by atoms with Gasteiger partial charge in [0.25, 0.3) is 0 Å². The van der Waals surface area contributed by atoms with E-state index in [0.29, 0.717) is 12.5 Å². The number of H-pyrrole nitrogens is 1. The fourth-order valence-electron chi connectivity index (χ4n) is 4.58. The number of benzene rings is 1. The zero-order chi connectivity index (χ0) is 21.8. The molecule has 6 heteroatoms. The molecule has 0 aliphatic carbocycles. The van der Waals surface area contributed by atoms with Gasteiger partial charge in [0, 0.05) is 37.4 Å². The third kappa shape index (κ3) is 4.74. The van der Waals surface area contributed by atoms with Gasteiger partial charge in [0.2, 0.25) is 0 Å². The Balaban J connectivity index is 1.32. The zero-order valence-corrected chi connectivity index (χ0v) is 18.8. The van der Waals surface area contributed by atoms with Gasteiger partial charge in [-0.3, -0.25) is 0 Å². The number of aromatic nitrogens is 2. The Hall–Kier alpha value is -2.86. The number of fused-ring (bicyclic) bond motifs is 1. The van der Waals surface area contributed by atoms with E-state index in [9.17, 15) is 4.79 Å². The summed E-state index contributed by atoms with van der Waals surface area (Å²) >= 11 is 0. The van der Waals surface area contributed by atoms with Gasteiger partial charge < -0.3 is 20.1 Å². The van der Waals surface area contributed by atoms with Crippen molar-refractivity contribution >= 4 is 17.1 Å². The van der Waals surface area contributed by atoms with Gasteiger partial charge in [-0.2, -0.15) is 0 Å². The van der Waals surface area contributed by atoms with Crippen molar-refractivity contribution in [3.63, 3.8) is 0 Å². The SMILES string of the molecule is CCc1ccc(C(CNC(=O)N2CCC(c3c[nH]c4ncccc34)CC2)N(C)C)cc1. The van der Waals surface area contributed by atoms with Crippen LogP contribution in [0.4, 0.5) is 4.79 Å². The highest BCUT2D eigenvalue weighted by molar-refractivity contribution is 5.80. The molecule has 1 atom stereocenters. The molecule has 0 radical (unpaired) electrons. The number of aromatic amines is 1. The smallest absolute Gasteiger partial charge is 0.317 e. The monoisotopic (exact) mass is 419 g/mol. The Morgan fingerprint density at radius 3 is 2.65 bits per heavy atom. The van der Waals surface area contributed by atoms with Crippen LogP contribution in [0.25, 0.3) is 11.0 Å². The zero-order valence-electron chi connectivity index (χ0n) is 18.8. The number of likely N-dealkylation sites (N-methyl/N-ethyl adjacent to an activating group) is 1. The number of rotatable bonds is 6. The Morgan fingerprint density at radius 1 is 1.23 bits per heavy atom. The number of nitrogens with one attached hydrogen (secondary N) is 2. The molecule has 3 aromatic rings. The van der Waals surface area contributed by atoms with E-state index < -0.39 is 0 Å². The molecular formula is C25H33N5O. The van der Waals surface area contributed by atoms with Gasteiger partial charge in [0.1, 0.15) is 5.65 Å². The molecule has 1 aromatic carbocycles. The van der Waals surface area contributed by atoms with E-state index in [2.05, 4.69) is 77.7 Å². The second-order valence-corrected chi connectivity index (χ2v) is 8.67. The summed E-state index contributed by atoms with van der Waals surface area (Å²) in [6.45, 7) is 4.32. The maximum Gasteiger partial charge on any atom is 0.317 e. The normalized spacial score (nSPS) is 16.1. The van der Waals surface area contributed by atoms with Crippen molar-refractivity contribution in [1.82, 2.24) is 25.1 Å². The molecule has 31 heavy (non-hydrogen) atoms. The molecule has 0 spiro atoms. The number of hydrogen-bond acceptors (Lipinski definition) is 3. The molecule has 1 aliphatic rings. The van der Waals surface area contributed by atoms with Crippen molar-refractivity contribution in [2.45, 2.75) is 38.1 Å². The maximum absolute atomic E-state index is 12.8. The average Bonchev–Trinajstić information content (AvgIpc) is 3.23. The van der Waals surface area contributed by atoms with Crippen LogP contribution in [-0.2, 0) is 6.42 Å². The van der Waals surface area contributed by atoms with E-state index in [-0.39, 0.29) is 12.1 Å². The van der Waals surface area contributed by atoms with Crippen LogP contribution in [0.15, 0.2) is 48.8 Å². The topological polar surface area (TPSA) is 64.3 Å². The maximum atomic E-state index is 12.8. The molecule has 164 valence electrons. The number of carbonyl (C=O) groups excluding carboxylic acids is 1. The highest BCUT2D eigenvalue weighted by Crippen LogP contribution is 2.32. The van der Waals surface area contributed by atoms with Crippen molar-refractivity contribution in [3.05, 3.63) is 65.5 Å². The molecule has 4 rings (SSSR count). The molecule has 0 bridgehead atoms. The molecule has 1 aliphatic heterocycles. The average molecular weight is 420 g/mol. The summed E-state index contributed by atoms with van der Waals surface area (Å²) < 4.78 is 0. The first kappa shape index (κ1) is 21.4. The molecular weight excluding hydrogens is 386 g/mol. The molecule has 3 heterocycles. The summed E-state index contributed by atoms with van der Waals surface area (Å²) in [5, 5.41) is 4.37. The number of likely N-dealkylation sites (tertiary alicyclic amines) is 1. The minimum Gasteiger partial charge on any atom is -0.346 e. The first-order valence-corrected chi connectivity index (χ1v) is 11.3. The number of nitrogens with zero attached hydrogens (tertiary/aromatic N) is 3. The van der Waals surface area contributed by atoms with Gasteiger partial charge in [-0.05, 0) is 68.1 Å². The van der Waals surface area contributed by atoms with Crippen LogP contribution >= 0.6 is 0 Å². The standard InChI is InChI=1S/C25H33N5O/c1-4-18-7-9-20(10-8-18)23(29(2)3)17-28-25(31)30-14-11-19(12-15-30)22-16-27-24-21(22)6-5-13-26-24/h5-10,13,16,19,23H,4,11-12,14-15,17H2,1-3H3,(H,26,27)(H,28,31). The fourth-order valence-corrected chi connectivity index (χ4v) is 4.58. The van der Waals surface area contributed by atoms with Gasteiger partial charge in [0.15, 0.2) is 0 Å². The molecule has 0 saturated carbocycles. The molecule has 1 unspecified atom stereocenters. The number of pyridine rings is 1. The quantitative estimate of drug-likeness (QED) is 0.626. The first-order chi connectivity index (χ1) is 15.1. The van der Waals surface area contributed by atoms with Crippen LogP contribution in [0.1, 0.15) is 48.4 Å². The second kappa shape index (κ2) is 9.52. The molecule has 2 aromatic heterocycles.